The van der Waals surface area contributed by atoms with E-state index in [0.717, 1.165) is 32.2 Å². The summed E-state index contributed by atoms with van der Waals surface area (Å²) in [7, 11) is 0. The van der Waals surface area contributed by atoms with Crippen LogP contribution in [0.1, 0.15) is 53.4 Å². The zero-order valence-corrected chi connectivity index (χ0v) is 11.6. The van der Waals surface area contributed by atoms with Crippen molar-refractivity contribution in [2.45, 2.75) is 65.0 Å². The maximum atomic E-state index is 11.6. The number of hydrogen-bond acceptors (Lipinski definition) is 4. The highest BCUT2D eigenvalue weighted by atomic mass is 16.6. The molecule has 0 aliphatic heterocycles. The van der Waals surface area contributed by atoms with Crippen molar-refractivity contribution < 1.29 is 14.6 Å². The number of nitrogens with one attached hydrogen (secondary N) is 1. The predicted molar refractivity (Wildman–Crippen MR) is 68.9 cm³/mol. The van der Waals surface area contributed by atoms with Crippen LogP contribution in [0.5, 0.6) is 0 Å². The van der Waals surface area contributed by atoms with Gasteiger partial charge in [0.1, 0.15) is 11.6 Å². The summed E-state index contributed by atoms with van der Waals surface area (Å²) in [5, 5.41) is 11.8. The molecular weight excluding hydrogens is 218 g/mol. The normalized spacial score (nSPS) is 13.5. The quantitative estimate of drug-likeness (QED) is 0.506. The summed E-state index contributed by atoms with van der Waals surface area (Å²) < 4.78 is 5.26. The topological polar surface area (TPSA) is 58.6 Å². The maximum Gasteiger partial charge on any atom is 0.323 e. The molecule has 0 aromatic carbocycles. The predicted octanol–water partition coefficient (Wildman–Crippen LogP) is 1.86. The summed E-state index contributed by atoms with van der Waals surface area (Å²) in [4.78, 5) is 11.6. The Hall–Kier alpha value is -0.610. The lowest BCUT2D eigenvalue weighted by atomic mass is 10.2. The van der Waals surface area contributed by atoms with Gasteiger partial charge in [0.15, 0.2) is 0 Å². The summed E-state index contributed by atoms with van der Waals surface area (Å²) in [5.41, 5.74) is -0.422. The van der Waals surface area contributed by atoms with Gasteiger partial charge in [-0.1, -0.05) is 12.8 Å². The van der Waals surface area contributed by atoms with Crippen LogP contribution in [0.2, 0.25) is 0 Å². The maximum absolute atomic E-state index is 11.6. The van der Waals surface area contributed by atoms with E-state index in [1.165, 1.54) is 0 Å². The van der Waals surface area contributed by atoms with E-state index in [1.807, 2.05) is 27.7 Å². The molecule has 17 heavy (non-hydrogen) atoms. The number of unbranched alkanes of at least 4 members (excludes halogenated alkanes) is 3. The number of aliphatic hydroxyl groups is 1. The fourth-order valence-corrected chi connectivity index (χ4v) is 1.38. The number of carbonyl (C=O) groups excluding carboxylic acids is 1. The van der Waals surface area contributed by atoms with Crippen LogP contribution in [0, 0.1) is 0 Å². The fourth-order valence-electron chi connectivity index (χ4n) is 1.38. The molecule has 0 bridgehead atoms. The van der Waals surface area contributed by atoms with E-state index in [2.05, 4.69) is 5.32 Å². The Bertz CT molecular complexity index is 211. The van der Waals surface area contributed by atoms with Crippen LogP contribution in [0.3, 0.4) is 0 Å². The lowest BCUT2D eigenvalue weighted by Crippen LogP contribution is -2.39. The lowest BCUT2D eigenvalue weighted by Gasteiger charge is -2.22. The summed E-state index contributed by atoms with van der Waals surface area (Å²) in [5.74, 6) is -0.201. The first kappa shape index (κ1) is 16.4. The largest absolute Gasteiger partial charge is 0.459 e. The third-order valence-electron chi connectivity index (χ3n) is 2.30. The van der Waals surface area contributed by atoms with Crippen LogP contribution in [0.15, 0.2) is 0 Å². The van der Waals surface area contributed by atoms with E-state index < -0.39 is 5.60 Å². The van der Waals surface area contributed by atoms with E-state index >= 15 is 0 Å². The number of hydrogen-bond donors (Lipinski definition) is 2. The van der Waals surface area contributed by atoms with E-state index in [1.54, 1.807) is 0 Å². The molecule has 4 heteroatoms. The Morgan fingerprint density at radius 1 is 1.24 bits per heavy atom. The van der Waals surface area contributed by atoms with Crippen LogP contribution in [0.25, 0.3) is 0 Å². The highest BCUT2D eigenvalue weighted by molar-refractivity contribution is 5.75. The summed E-state index contributed by atoms with van der Waals surface area (Å²) >= 11 is 0. The number of aliphatic hydroxyl groups excluding tert-OH is 1. The van der Waals surface area contributed by atoms with E-state index in [4.69, 9.17) is 9.84 Å². The zero-order valence-electron chi connectivity index (χ0n) is 11.6. The molecule has 102 valence electrons. The Morgan fingerprint density at radius 3 is 2.35 bits per heavy atom. The van der Waals surface area contributed by atoms with Crippen LogP contribution < -0.4 is 5.32 Å². The Kier molecular flexibility index (Phi) is 8.17. The molecule has 1 unspecified atom stereocenters. The van der Waals surface area contributed by atoms with Gasteiger partial charge in [-0.05, 0) is 47.1 Å². The van der Waals surface area contributed by atoms with Gasteiger partial charge in [-0.2, -0.15) is 0 Å². The van der Waals surface area contributed by atoms with Crippen molar-refractivity contribution in [3.8, 4) is 0 Å². The molecule has 0 aromatic heterocycles. The molecule has 0 rings (SSSR count). The molecule has 1 atom stereocenters. The highest BCUT2D eigenvalue weighted by Crippen LogP contribution is 2.08. The van der Waals surface area contributed by atoms with Crippen molar-refractivity contribution >= 4 is 5.97 Å². The summed E-state index contributed by atoms with van der Waals surface area (Å²) in [6, 6.07) is -0.257. The second-order valence-electron chi connectivity index (χ2n) is 5.35. The van der Waals surface area contributed by atoms with Crippen molar-refractivity contribution in [1.82, 2.24) is 5.32 Å². The van der Waals surface area contributed by atoms with Crippen molar-refractivity contribution in [1.29, 1.82) is 0 Å². The molecule has 0 aromatic rings. The second-order valence-corrected chi connectivity index (χ2v) is 5.35. The molecule has 2 N–H and O–H groups in total. The number of ether oxygens (including phenoxy) is 1. The molecule has 0 fully saturated rings. The van der Waals surface area contributed by atoms with Gasteiger partial charge in [0.2, 0.25) is 0 Å². The van der Waals surface area contributed by atoms with Crippen LogP contribution in [-0.4, -0.2) is 35.9 Å². The smallest absolute Gasteiger partial charge is 0.323 e. The first-order valence-electron chi connectivity index (χ1n) is 6.44. The first-order chi connectivity index (χ1) is 7.87. The Balaban J connectivity index is 3.58. The monoisotopic (exact) mass is 245 g/mol. The molecule has 0 saturated carbocycles. The Morgan fingerprint density at radius 2 is 1.82 bits per heavy atom. The molecule has 0 amide bonds. The van der Waals surface area contributed by atoms with Crippen molar-refractivity contribution in [2.75, 3.05) is 13.2 Å². The van der Waals surface area contributed by atoms with Crippen molar-refractivity contribution in [2.24, 2.45) is 0 Å². The van der Waals surface area contributed by atoms with Crippen LogP contribution >= 0.6 is 0 Å². The minimum atomic E-state index is -0.422. The highest BCUT2D eigenvalue weighted by Gasteiger charge is 2.20. The molecule has 0 aliphatic rings. The van der Waals surface area contributed by atoms with Gasteiger partial charge < -0.3 is 15.2 Å². The molecule has 0 spiro atoms. The number of carbonyl (C=O) groups is 1. The van der Waals surface area contributed by atoms with E-state index in [0.29, 0.717) is 0 Å². The van der Waals surface area contributed by atoms with Gasteiger partial charge in [0.05, 0.1) is 0 Å². The van der Waals surface area contributed by atoms with Gasteiger partial charge in [-0.3, -0.25) is 4.79 Å². The lowest BCUT2D eigenvalue weighted by molar-refractivity contribution is -0.156. The van der Waals surface area contributed by atoms with Gasteiger partial charge in [-0.25, -0.2) is 0 Å². The fraction of sp³-hybridized carbons (Fsp3) is 0.923. The Labute approximate surface area is 105 Å². The zero-order chi connectivity index (χ0) is 13.3. The first-order valence-corrected chi connectivity index (χ1v) is 6.44. The molecular formula is C13H27NO3. The van der Waals surface area contributed by atoms with Crippen molar-refractivity contribution in [3.05, 3.63) is 0 Å². The second kappa shape index (κ2) is 8.48. The number of esters is 1. The van der Waals surface area contributed by atoms with Gasteiger partial charge in [-0.15, -0.1) is 0 Å². The van der Waals surface area contributed by atoms with E-state index in [9.17, 15) is 4.79 Å². The third kappa shape index (κ3) is 10.3. The average Bonchev–Trinajstić information content (AvgIpc) is 2.20. The molecule has 0 aliphatic carbocycles. The van der Waals surface area contributed by atoms with E-state index in [-0.39, 0.29) is 18.6 Å². The number of rotatable bonds is 8. The van der Waals surface area contributed by atoms with Gasteiger partial charge in [0, 0.05) is 6.61 Å². The molecule has 4 nitrogen and oxygen atoms in total. The van der Waals surface area contributed by atoms with Crippen molar-refractivity contribution in [3.63, 3.8) is 0 Å². The molecule has 0 heterocycles. The van der Waals surface area contributed by atoms with Gasteiger partial charge >= 0.3 is 5.97 Å². The third-order valence-corrected chi connectivity index (χ3v) is 2.30. The minimum Gasteiger partial charge on any atom is -0.459 e. The standard InChI is InChI=1S/C13H27NO3/c1-11(12(16)17-13(2,3)4)14-9-7-5-6-8-10-15/h11,14-15H,5-10H2,1-4H3. The van der Waals surface area contributed by atoms with Crippen LogP contribution in [-0.2, 0) is 9.53 Å². The molecule has 0 radical (unpaired) electrons. The van der Waals surface area contributed by atoms with Gasteiger partial charge in [0.25, 0.3) is 0 Å². The molecule has 0 saturated heterocycles. The summed E-state index contributed by atoms with van der Waals surface area (Å²) in [6.07, 6.45) is 4.00. The van der Waals surface area contributed by atoms with Crippen LogP contribution in [0.4, 0.5) is 0 Å². The summed E-state index contributed by atoms with van der Waals surface area (Å²) in [6.45, 7) is 8.50. The SMILES string of the molecule is CC(NCCCCCCO)C(=O)OC(C)(C)C. The average molecular weight is 245 g/mol. The minimum absolute atomic E-state index is 0.201.